The van der Waals surface area contributed by atoms with Crippen molar-refractivity contribution < 1.29 is 9.90 Å². The van der Waals surface area contributed by atoms with Crippen LogP contribution in [0.25, 0.3) is 0 Å². The van der Waals surface area contributed by atoms with Crippen molar-refractivity contribution in [3.05, 3.63) is 24.3 Å². The number of rotatable bonds is 3. The van der Waals surface area contributed by atoms with Crippen LogP contribution >= 0.6 is 0 Å². The molecule has 0 aliphatic heterocycles. The van der Waals surface area contributed by atoms with Crippen molar-refractivity contribution in [2.24, 2.45) is 11.1 Å². The van der Waals surface area contributed by atoms with E-state index < -0.39 is 12.0 Å². The molecule has 72 valence electrons. The van der Waals surface area contributed by atoms with Gasteiger partial charge in [0.2, 0.25) is 0 Å². The van der Waals surface area contributed by atoms with E-state index in [9.17, 15) is 4.79 Å². The van der Waals surface area contributed by atoms with E-state index in [1.54, 1.807) is 0 Å². The molecule has 3 nitrogen and oxygen atoms in total. The smallest absolute Gasteiger partial charge is 0.320 e. The van der Waals surface area contributed by atoms with Crippen LogP contribution in [0.5, 0.6) is 0 Å². The van der Waals surface area contributed by atoms with E-state index in [0.29, 0.717) is 6.42 Å². The second kappa shape index (κ2) is 3.75. The highest BCUT2D eigenvalue weighted by atomic mass is 16.4. The number of allylic oxidation sites excluding steroid dienone is 4. The molecule has 1 aliphatic carbocycles. The molecule has 3 heteroatoms. The summed E-state index contributed by atoms with van der Waals surface area (Å²) < 4.78 is 0. The maximum Gasteiger partial charge on any atom is 0.320 e. The van der Waals surface area contributed by atoms with E-state index >= 15 is 0 Å². The highest BCUT2D eigenvalue weighted by Gasteiger charge is 2.26. The fourth-order valence-electron chi connectivity index (χ4n) is 1.51. The maximum absolute atomic E-state index is 10.5. The topological polar surface area (TPSA) is 63.3 Å². The summed E-state index contributed by atoms with van der Waals surface area (Å²) in [6.45, 7) is 2.02. The first-order valence-corrected chi connectivity index (χ1v) is 4.36. The van der Waals surface area contributed by atoms with Crippen LogP contribution in [0.15, 0.2) is 24.3 Å². The van der Waals surface area contributed by atoms with Crippen molar-refractivity contribution in [2.75, 3.05) is 0 Å². The normalized spacial score (nSPS) is 28.8. The molecule has 0 spiro atoms. The Labute approximate surface area is 77.9 Å². The average molecular weight is 181 g/mol. The minimum atomic E-state index is -0.927. The predicted octanol–water partition coefficient (Wildman–Crippen LogP) is 1.31. The van der Waals surface area contributed by atoms with Crippen molar-refractivity contribution in [1.82, 2.24) is 0 Å². The Bertz CT molecular complexity index is 258. The fraction of sp³-hybridized carbons (Fsp3) is 0.500. The van der Waals surface area contributed by atoms with E-state index in [-0.39, 0.29) is 5.41 Å². The maximum atomic E-state index is 10.5. The summed E-state index contributed by atoms with van der Waals surface area (Å²) in [6.07, 6.45) is 9.32. The molecule has 0 saturated carbocycles. The van der Waals surface area contributed by atoms with Crippen LogP contribution in [0.1, 0.15) is 19.8 Å². The van der Waals surface area contributed by atoms with Crippen LogP contribution in [-0.2, 0) is 4.79 Å². The van der Waals surface area contributed by atoms with Crippen molar-refractivity contribution >= 4 is 5.97 Å². The van der Waals surface area contributed by atoms with Crippen molar-refractivity contribution in [3.63, 3.8) is 0 Å². The van der Waals surface area contributed by atoms with Gasteiger partial charge in [-0.1, -0.05) is 31.2 Å². The van der Waals surface area contributed by atoms with E-state index in [0.717, 1.165) is 6.42 Å². The summed E-state index contributed by atoms with van der Waals surface area (Å²) in [5.41, 5.74) is 5.38. The lowest BCUT2D eigenvalue weighted by molar-refractivity contribution is -0.139. The molecular weight excluding hydrogens is 166 g/mol. The second-order valence-corrected chi connectivity index (χ2v) is 3.79. The van der Waals surface area contributed by atoms with Gasteiger partial charge in [-0.3, -0.25) is 4.79 Å². The van der Waals surface area contributed by atoms with Gasteiger partial charge < -0.3 is 10.8 Å². The SMILES string of the molecule is CC1(C[C@H](N)C(=O)O)C=CC=CC1. The standard InChI is InChI=1S/C10H15NO2/c1-10(5-3-2-4-6-10)7-8(11)9(12)13/h2-5,8H,6-7,11H2,1H3,(H,12,13)/t8-,10?/m0/s1. The van der Waals surface area contributed by atoms with Gasteiger partial charge in [0.25, 0.3) is 0 Å². The van der Waals surface area contributed by atoms with E-state index in [2.05, 4.69) is 0 Å². The minimum absolute atomic E-state index is 0.0907. The van der Waals surface area contributed by atoms with Crippen molar-refractivity contribution in [3.8, 4) is 0 Å². The van der Waals surface area contributed by atoms with Crippen LogP contribution in [0.4, 0.5) is 0 Å². The number of hydrogen-bond acceptors (Lipinski definition) is 2. The lowest BCUT2D eigenvalue weighted by Crippen LogP contribution is -2.35. The summed E-state index contributed by atoms with van der Waals surface area (Å²) >= 11 is 0. The number of hydrogen-bond donors (Lipinski definition) is 2. The first kappa shape index (κ1) is 9.99. The van der Waals surface area contributed by atoms with Crippen LogP contribution in [0.2, 0.25) is 0 Å². The number of carboxylic acids is 1. The third-order valence-electron chi connectivity index (χ3n) is 2.33. The zero-order chi connectivity index (χ0) is 9.90. The van der Waals surface area contributed by atoms with Gasteiger partial charge in [0.05, 0.1) is 0 Å². The number of carbonyl (C=O) groups is 1. The molecule has 3 N–H and O–H groups in total. The van der Waals surface area contributed by atoms with Gasteiger partial charge in [-0.15, -0.1) is 0 Å². The first-order valence-electron chi connectivity index (χ1n) is 4.36. The molecule has 0 amide bonds. The Morgan fingerprint density at radius 3 is 2.85 bits per heavy atom. The van der Waals surface area contributed by atoms with Gasteiger partial charge >= 0.3 is 5.97 Å². The molecule has 0 fully saturated rings. The van der Waals surface area contributed by atoms with Gasteiger partial charge in [0.1, 0.15) is 6.04 Å². The highest BCUT2D eigenvalue weighted by Crippen LogP contribution is 2.31. The molecule has 0 aromatic heterocycles. The first-order chi connectivity index (χ1) is 6.03. The zero-order valence-electron chi connectivity index (χ0n) is 7.73. The lowest BCUT2D eigenvalue weighted by atomic mass is 9.78. The van der Waals surface area contributed by atoms with E-state index in [1.807, 2.05) is 31.2 Å². The third-order valence-corrected chi connectivity index (χ3v) is 2.33. The van der Waals surface area contributed by atoms with Crippen LogP contribution in [-0.4, -0.2) is 17.1 Å². The summed E-state index contributed by atoms with van der Waals surface area (Å²) in [4.78, 5) is 10.5. The van der Waals surface area contributed by atoms with Gasteiger partial charge in [-0.25, -0.2) is 0 Å². The molecule has 0 aromatic carbocycles. The van der Waals surface area contributed by atoms with Crippen LogP contribution in [0, 0.1) is 5.41 Å². The zero-order valence-corrected chi connectivity index (χ0v) is 7.73. The second-order valence-electron chi connectivity index (χ2n) is 3.79. The molecule has 0 radical (unpaired) electrons. The Balaban J connectivity index is 2.57. The summed E-state index contributed by atoms with van der Waals surface area (Å²) in [7, 11) is 0. The fourth-order valence-corrected chi connectivity index (χ4v) is 1.51. The number of carboxylic acid groups (broad SMARTS) is 1. The average Bonchev–Trinajstić information content (AvgIpc) is 2.04. The van der Waals surface area contributed by atoms with E-state index in [1.165, 1.54) is 0 Å². The summed E-state index contributed by atoms with van der Waals surface area (Å²) in [5.74, 6) is -0.927. The molecule has 1 aliphatic rings. The Morgan fingerprint density at radius 2 is 2.38 bits per heavy atom. The molecule has 2 atom stereocenters. The van der Waals surface area contributed by atoms with Gasteiger partial charge in [-0.05, 0) is 18.3 Å². The number of aliphatic carboxylic acids is 1. The third kappa shape index (κ3) is 2.70. The largest absolute Gasteiger partial charge is 0.480 e. The Morgan fingerprint density at radius 1 is 1.69 bits per heavy atom. The molecule has 0 heterocycles. The van der Waals surface area contributed by atoms with Gasteiger partial charge in [0, 0.05) is 0 Å². The van der Waals surface area contributed by atoms with Crippen molar-refractivity contribution in [2.45, 2.75) is 25.8 Å². The molecule has 1 rings (SSSR count). The van der Waals surface area contributed by atoms with Gasteiger partial charge in [0.15, 0.2) is 0 Å². The predicted molar refractivity (Wildman–Crippen MR) is 51.2 cm³/mol. The molecule has 0 saturated heterocycles. The highest BCUT2D eigenvalue weighted by molar-refractivity contribution is 5.73. The Kier molecular flexibility index (Phi) is 2.88. The van der Waals surface area contributed by atoms with Gasteiger partial charge in [-0.2, -0.15) is 0 Å². The molecule has 0 aromatic rings. The molecule has 0 bridgehead atoms. The Hall–Kier alpha value is -1.09. The lowest BCUT2D eigenvalue weighted by Gasteiger charge is -2.27. The molecule has 1 unspecified atom stereocenters. The monoisotopic (exact) mass is 181 g/mol. The summed E-state index contributed by atoms with van der Waals surface area (Å²) in [5, 5.41) is 8.66. The van der Waals surface area contributed by atoms with Crippen LogP contribution in [0.3, 0.4) is 0 Å². The van der Waals surface area contributed by atoms with Crippen molar-refractivity contribution in [1.29, 1.82) is 0 Å². The van der Waals surface area contributed by atoms with Crippen LogP contribution < -0.4 is 5.73 Å². The van der Waals surface area contributed by atoms with E-state index in [4.69, 9.17) is 10.8 Å². The molecule has 13 heavy (non-hydrogen) atoms. The minimum Gasteiger partial charge on any atom is -0.480 e. The summed E-state index contributed by atoms with van der Waals surface area (Å²) in [6, 6.07) is -0.763. The quantitative estimate of drug-likeness (QED) is 0.690. The number of nitrogens with two attached hydrogens (primary N) is 1. The molecular formula is C10H15NO2.